The molecular formula is C16H26N4O. The van der Waals surface area contributed by atoms with E-state index in [1.165, 1.54) is 0 Å². The third kappa shape index (κ3) is 3.35. The van der Waals surface area contributed by atoms with Gasteiger partial charge in [-0.2, -0.15) is 0 Å². The molecule has 1 aliphatic rings. The van der Waals surface area contributed by atoms with E-state index in [-0.39, 0.29) is 11.4 Å². The van der Waals surface area contributed by atoms with Crippen molar-refractivity contribution in [2.75, 3.05) is 39.0 Å². The number of hydrogen-bond donors (Lipinski definition) is 1. The quantitative estimate of drug-likeness (QED) is 0.923. The number of nitrogens with zero attached hydrogens (tertiary/aromatic N) is 3. The molecule has 21 heavy (non-hydrogen) atoms. The number of carbonyl (C=O) groups is 1. The van der Waals surface area contributed by atoms with Gasteiger partial charge in [0.05, 0.1) is 0 Å². The molecule has 0 aromatic carbocycles. The van der Waals surface area contributed by atoms with Gasteiger partial charge in [-0.05, 0) is 39.4 Å². The topological polar surface area (TPSA) is 48.5 Å². The molecule has 5 nitrogen and oxygen atoms in total. The minimum atomic E-state index is 0.0142. The molecule has 0 unspecified atom stereocenters. The van der Waals surface area contributed by atoms with Crippen LogP contribution < -0.4 is 5.32 Å². The van der Waals surface area contributed by atoms with Gasteiger partial charge in [-0.3, -0.25) is 9.69 Å². The van der Waals surface area contributed by atoms with E-state index >= 15 is 0 Å². The van der Waals surface area contributed by atoms with Gasteiger partial charge >= 0.3 is 0 Å². The van der Waals surface area contributed by atoms with Crippen molar-refractivity contribution in [2.45, 2.75) is 32.7 Å². The van der Waals surface area contributed by atoms with Crippen molar-refractivity contribution in [2.24, 2.45) is 0 Å². The minimum Gasteiger partial charge on any atom is -0.373 e. The Balaban J connectivity index is 2.24. The van der Waals surface area contributed by atoms with Gasteiger partial charge in [0.2, 0.25) is 0 Å². The Morgan fingerprint density at radius 2 is 2.10 bits per heavy atom. The summed E-state index contributed by atoms with van der Waals surface area (Å²) in [7, 11) is 3.94. The number of hydrogen-bond acceptors (Lipinski definition) is 4. The molecular weight excluding hydrogens is 264 g/mol. The van der Waals surface area contributed by atoms with Crippen LogP contribution in [0.4, 0.5) is 5.82 Å². The van der Waals surface area contributed by atoms with Crippen LogP contribution in [-0.2, 0) is 6.42 Å². The fraction of sp³-hybridized carbons (Fsp3) is 0.625. The van der Waals surface area contributed by atoms with Gasteiger partial charge in [-0.25, -0.2) is 4.98 Å². The second kappa shape index (κ2) is 6.02. The van der Waals surface area contributed by atoms with E-state index in [4.69, 9.17) is 0 Å². The zero-order valence-corrected chi connectivity index (χ0v) is 13.7. The SMILES string of the molecule is CCc1cc(C(=O)N2CCN(C)C(C)(C)C2)cc(NC)n1. The standard InChI is InChI=1S/C16H26N4O/c1-6-13-9-12(10-14(17-4)18-13)15(21)20-8-7-19(5)16(2,3)11-20/h9-10H,6-8,11H2,1-5H3,(H,17,18). The molecule has 1 N–H and O–H groups in total. The van der Waals surface area contributed by atoms with Gasteiger partial charge < -0.3 is 10.2 Å². The van der Waals surface area contributed by atoms with E-state index < -0.39 is 0 Å². The van der Waals surface area contributed by atoms with Crippen molar-refractivity contribution < 1.29 is 4.79 Å². The normalized spacial score (nSPS) is 18.6. The maximum Gasteiger partial charge on any atom is 0.254 e. The first-order valence-electron chi connectivity index (χ1n) is 7.56. The predicted octanol–water partition coefficient (Wildman–Crippen LogP) is 1.85. The first-order chi connectivity index (χ1) is 9.87. The number of carbonyl (C=O) groups excluding carboxylic acids is 1. The first-order valence-corrected chi connectivity index (χ1v) is 7.56. The summed E-state index contributed by atoms with van der Waals surface area (Å²) >= 11 is 0. The molecule has 2 heterocycles. The van der Waals surface area contributed by atoms with Crippen molar-refractivity contribution in [1.29, 1.82) is 0 Å². The third-order valence-corrected chi connectivity index (χ3v) is 4.35. The molecule has 5 heteroatoms. The van der Waals surface area contributed by atoms with Crippen LogP contribution in [0.15, 0.2) is 12.1 Å². The van der Waals surface area contributed by atoms with Crippen LogP contribution in [0, 0.1) is 0 Å². The Bertz CT molecular complexity index is 505. The van der Waals surface area contributed by atoms with E-state index in [2.05, 4.69) is 43.0 Å². The number of pyridine rings is 1. The monoisotopic (exact) mass is 290 g/mol. The second-order valence-electron chi connectivity index (χ2n) is 6.30. The van der Waals surface area contributed by atoms with E-state index in [0.717, 1.165) is 43.1 Å². The minimum absolute atomic E-state index is 0.0142. The molecule has 0 bridgehead atoms. The summed E-state index contributed by atoms with van der Waals surface area (Å²) in [5.74, 6) is 0.857. The molecule has 116 valence electrons. The van der Waals surface area contributed by atoms with Crippen LogP contribution in [0.1, 0.15) is 36.8 Å². The van der Waals surface area contributed by atoms with E-state index in [0.29, 0.717) is 0 Å². The molecule has 1 aromatic heterocycles. The lowest BCUT2D eigenvalue weighted by molar-refractivity contribution is 0.0311. The average molecular weight is 290 g/mol. The van der Waals surface area contributed by atoms with Crippen LogP contribution in [0.5, 0.6) is 0 Å². The summed E-state index contributed by atoms with van der Waals surface area (Å²) in [5, 5.41) is 3.03. The summed E-state index contributed by atoms with van der Waals surface area (Å²) < 4.78 is 0. The lowest BCUT2D eigenvalue weighted by Crippen LogP contribution is -2.58. The van der Waals surface area contributed by atoms with Crippen LogP contribution >= 0.6 is 0 Å². The zero-order chi connectivity index (χ0) is 15.6. The Labute approximate surface area is 127 Å². The number of likely N-dealkylation sites (N-methyl/N-ethyl adjacent to an activating group) is 1. The highest BCUT2D eigenvalue weighted by Gasteiger charge is 2.33. The molecule has 0 saturated carbocycles. The summed E-state index contributed by atoms with van der Waals surface area (Å²) in [4.78, 5) is 21.5. The molecule has 1 aliphatic heterocycles. The van der Waals surface area contributed by atoms with Crippen molar-refractivity contribution >= 4 is 11.7 Å². The summed E-state index contributed by atoms with van der Waals surface area (Å²) in [6, 6.07) is 3.75. The highest BCUT2D eigenvalue weighted by atomic mass is 16.2. The summed E-state index contributed by atoms with van der Waals surface area (Å²) in [6.45, 7) is 8.84. The van der Waals surface area contributed by atoms with Gasteiger partial charge in [0.1, 0.15) is 5.82 Å². The highest BCUT2D eigenvalue weighted by Crippen LogP contribution is 2.21. The van der Waals surface area contributed by atoms with Crippen LogP contribution in [0.3, 0.4) is 0 Å². The Morgan fingerprint density at radius 3 is 2.67 bits per heavy atom. The van der Waals surface area contributed by atoms with Gasteiger partial charge in [-0.1, -0.05) is 6.92 Å². The van der Waals surface area contributed by atoms with Gasteiger partial charge in [-0.15, -0.1) is 0 Å². The van der Waals surface area contributed by atoms with Crippen molar-refractivity contribution in [3.63, 3.8) is 0 Å². The Kier molecular flexibility index (Phi) is 4.52. The van der Waals surface area contributed by atoms with Crippen molar-refractivity contribution in [3.05, 3.63) is 23.4 Å². The molecule has 0 atom stereocenters. The van der Waals surface area contributed by atoms with Gasteiger partial charge in [0.15, 0.2) is 0 Å². The fourth-order valence-corrected chi connectivity index (χ4v) is 2.62. The van der Waals surface area contributed by atoms with E-state index in [1.807, 2.05) is 24.1 Å². The average Bonchev–Trinajstić information content (AvgIpc) is 2.48. The van der Waals surface area contributed by atoms with Crippen LogP contribution in [0.2, 0.25) is 0 Å². The van der Waals surface area contributed by atoms with Crippen LogP contribution in [0.25, 0.3) is 0 Å². The summed E-state index contributed by atoms with van der Waals surface area (Å²) in [5.41, 5.74) is 1.69. The molecule has 0 spiro atoms. The number of aromatic nitrogens is 1. The number of aryl methyl sites for hydroxylation is 1. The summed E-state index contributed by atoms with van der Waals surface area (Å²) in [6.07, 6.45) is 0.823. The molecule has 0 radical (unpaired) electrons. The van der Waals surface area contributed by atoms with Crippen LogP contribution in [-0.4, -0.2) is 60.0 Å². The maximum absolute atomic E-state index is 12.8. The van der Waals surface area contributed by atoms with E-state index in [9.17, 15) is 4.79 Å². The second-order valence-corrected chi connectivity index (χ2v) is 6.30. The molecule has 0 aliphatic carbocycles. The number of piperazine rings is 1. The molecule has 1 saturated heterocycles. The van der Waals surface area contributed by atoms with Gasteiger partial charge in [0, 0.05) is 43.5 Å². The Morgan fingerprint density at radius 1 is 1.38 bits per heavy atom. The number of amides is 1. The third-order valence-electron chi connectivity index (χ3n) is 4.35. The van der Waals surface area contributed by atoms with Gasteiger partial charge in [0.25, 0.3) is 5.91 Å². The number of anilines is 1. The molecule has 1 amide bonds. The number of nitrogens with one attached hydrogen (secondary N) is 1. The fourth-order valence-electron chi connectivity index (χ4n) is 2.62. The number of rotatable bonds is 3. The maximum atomic E-state index is 12.8. The molecule has 2 rings (SSSR count). The predicted molar refractivity (Wildman–Crippen MR) is 85.8 cm³/mol. The Hall–Kier alpha value is -1.62. The first kappa shape index (κ1) is 15.8. The lowest BCUT2D eigenvalue weighted by atomic mass is 9.99. The highest BCUT2D eigenvalue weighted by molar-refractivity contribution is 5.95. The largest absolute Gasteiger partial charge is 0.373 e. The smallest absolute Gasteiger partial charge is 0.254 e. The van der Waals surface area contributed by atoms with E-state index in [1.54, 1.807) is 0 Å². The lowest BCUT2D eigenvalue weighted by Gasteiger charge is -2.45. The van der Waals surface area contributed by atoms with Crippen molar-refractivity contribution in [3.8, 4) is 0 Å². The molecule has 1 aromatic rings. The zero-order valence-electron chi connectivity index (χ0n) is 13.7. The van der Waals surface area contributed by atoms with Crippen molar-refractivity contribution in [1.82, 2.24) is 14.8 Å². The molecule has 1 fully saturated rings.